The minimum atomic E-state index is -1.05. The zero-order valence-electron chi connectivity index (χ0n) is 34.5. The standard InChI is InChI=1S/C43H70N4O8/c1-29-13-16-37(48)30(2)14-15-35(17-21-53-43-42(52)40(45(5)6)41(51)32(4)55-43)31(3)38(49)24-39(50)54-28-34(22-29)23-36(47-19-9-8-10-20-47)27-46(7)26-33-12-11-18-44-25-33/h11-13,16,18,22,25,30-32,34-36,38,40-43,49,51-52H,8-10,14-15,17,19-21,23-24,26-28H2,1-7H3/t30?,31?,32-,34?,35?,36?,38?,40+,41-,42-,43-/m1/s1. The molecule has 2 saturated heterocycles. The number of aliphatic hydroxyl groups is 3. The minimum Gasteiger partial charge on any atom is -0.465 e. The highest BCUT2D eigenvalue weighted by Crippen LogP contribution is 2.31. The predicted molar refractivity (Wildman–Crippen MR) is 213 cm³/mol. The van der Waals surface area contributed by atoms with Crippen molar-refractivity contribution in [3.63, 3.8) is 0 Å². The molecule has 2 fully saturated rings. The predicted octanol–water partition coefficient (Wildman–Crippen LogP) is 4.23. The van der Waals surface area contributed by atoms with Crippen LogP contribution in [0.2, 0.25) is 0 Å². The highest BCUT2D eigenvalue weighted by Gasteiger charge is 2.44. The number of likely N-dealkylation sites (N-methyl/N-ethyl adjacent to an activating group) is 2. The fraction of sp³-hybridized carbons (Fsp3) is 0.744. The van der Waals surface area contributed by atoms with E-state index < -0.39 is 42.7 Å². The number of piperidine rings is 1. The Morgan fingerprint density at radius 3 is 2.45 bits per heavy atom. The second-order valence-electron chi connectivity index (χ2n) is 16.8. The van der Waals surface area contributed by atoms with Crippen LogP contribution in [0.15, 0.2) is 48.3 Å². The first-order chi connectivity index (χ1) is 26.2. The summed E-state index contributed by atoms with van der Waals surface area (Å²) >= 11 is 0. The number of cyclic esters (lactones) is 1. The number of allylic oxidation sites excluding steroid dienone is 3. The molecule has 11 atom stereocenters. The zero-order valence-corrected chi connectivity index (χ0v) is 34.5. The molecule has 3 aliphatic heterocycles. The van der Waals surface area contributed by atoms with Crippen molar-refractivity contribution >= 4 is 11.8 Å². The van der Waals surface area contributed by atoms with Crippen molar-refractivity contribution in [2.45, 2.75) is 128 Å². The second kappa shape index (κ2) is 22.4. The Balaban J connectivity index is 1.46. The summed E-state index contributed by atoms with van der Waals surface area (Å²) in [7, 11) is 5.74. The zero-order chi connectivity index (χ0) is 40.1. The quantitative estimate of drug-likeness (QED) is 0.262. The molecule has 1 aromatic rings. The molecule has 4 heterocycles. The topological polar surface area (TPSA) is 145 Å². The molecule has 1 aromatic heterocycles. The summed E-state index contributed by atoms with van der Waals surface area (Å²) < 4.78 is 17.8. The van der Waals surface area contributed by atoms with Gasteiger partial charge in [0, 0.05) is 43.4 Å². The maximum Gasteiger partial charge on any atom is 0.308 e. The molecule has 4 rings (SSSR count). The van der Waals surface area contributed by atoms with Gasteiger partial charge in [0.1, 0.15) is 6.10 Å². The van der Waals surface area contributed by atoms with E-state index in [-0.39, 0.29) is 55.1 Å². The van der Waals surface area contributed by atoms with Crippen molar-refractivity contribution in [2.24, 2.45) is 23.7 Å². The largest absolute Gasteiger partial charge is 0.465 e. The van der Waals surface area contributed by atoms with Crippen LogP contribution in [0.25, 0.3) is 0 Å². The second-order valence-corrected chi connectivity index (χ2v) is 16.8. The van der Waals surface area contributed by atoms with Crippen LogP contribution in [-0.4, -0.2) is 144 Å². The van der Waals surface area contributed by atoms with Crippen molar-refractivity contribution < 1.29 is 39.1 Å². The molecule has 55 heavy (non-hydrogen) atoms. The number of hydrogen-bond donors (Lipinski definition) is 3. The van der Waals surface area contributed by atoms with Crippen LogP contribution in [0.4, 0.5) is 0 Å². The SMILES string of the molecule is CC1=CC(CC(CN(C)Cc2cccnc2)N2CCCCC2)COC(=O)CC(O)C(C)C(CCO[C@@H]2O[C@H](C)[C@@H](O)[C@H](N(C)C)[C@H]2O)CCC(C)C(=O)C=C1. The van der Waals surface area contributed by atoms with Gasteiger partial charge in [-0.25, -0.2) is 0 Å². The van der Waals surface area contributed by atoms with Crippen molar-refractivity contribution in [3.8, 4) is 0 Å². The number of ketones is 1. The van der Waals surface area contributed by atoms with Crippen LogP contribution >= 0.6 is 0 Å². The number of esters is 1. The van der Waals surface area contributed by atoms with Gasteiger partial charge in [0.05, 0.1) is 44.0 Å². The maximum absolute atomic E-state index is 13.3. The number of carbonyl (C=O) groups is 2. The van der Waals surface area contributed by atoms with E-state index in [9.17, 15) is 24.9 Å². The lowest BCUT2D eigenvalue weighted by molar-refractivity contribution is -0.281. The van der Waals surface area contributed by atoms with Crippen LogP contribution in [0.1, 0.15) is 84.6 Å². The molecule has 0 bridgehead atoms. The summed E-state index contributed by atoms with van der Waals surface area (Å²) in [6, 6.07) is 3.75. The number of pyridine rings is 1. The molecule has 6 unspecified atom stereocenters. The molecule has 0 aromatic carbocycles. The Hall–Kier alpha value is -2.55. The number of nitrogens with zero attached hydrogens (tertiary/aromatic N) is 4. The van der Waals surface area contributed by atoms with E-state index in [1.54, 1.807) is 38.2 Å². The van der Waals surface area contributed by atoms with Crippen molar-refractivity contribution in [2.75, 3.05) is 54.0 Å². The molecule has 0 amide bonds. The molecule has 12 nitrogen and oxygen atoms in total. The van der Waals surface area contributed by atoms with Gasteiger partial charge in [-0.05, 0) is 116 Å². The highest BCUT2D eigenvalue weighted by atomic mass is 16.7. The van der Waals surface area contributed by atoms with Crippen LogP contribution in [-0.2, 0) is 30.3 Å². The summed E-state index contributed by atoms with van der Waals surface area (Å²) in [5, 5.41) is 32.9. The average Bonchev–Trinajstić information content (AvgIpc) is 3.15. The molecular weight excluding hydrogens is 700 g/mol. The Kier molecular flexibility index (Phi) is 18.4. The highest BCUT2D eigenvalue weighted by molar-refractivity contribution is 5.91. The van der Waals surface area contributed by atoms with Crippen molar-refractivity contribution in [1.82, 2.24) is 19.7 Å². The summed E-state index contributed by atoms with van der Waals surface area (Å²) in [5.74, 6) is -1.05. The van der Waals surface area contributed by atoms with E-state index in [0.29, 0.717) is 19.3 Å². The van der Waals surface area contributed by atoms with Gasteiger partial charge in [-0.2, -0.15) is 0 Å². The number of rotatable bonds is 12. The van der Waals surface area contributed by atoms with Crippen LogP contribution in [0.3, 0.4) is 0 Å². The first-order valence-corrected chi connectivity index (χ1v) is 20.6. The summed E-state index contributed by atoms with van der Waals surface area (Å²) in [6.07, 6.45) is 11.1. The molecule has 0 saturated carbocycles. The van der Waals surface area contributed by atoms with Crippen LogP contribution in [0, 0.1) is 23.7 Å². The fourth-order valence-electron chi connectivity index (χ4n) is 8.49. The van der Waals surface area contributed by atoms with Crippen molar-refractivity contribution in [1.29, 1.82) is 0 Å². The van der Waals surface area contributed by atoms with Gasteiger partial charge in [0.2, 0.25) is 0 Å². The number of aliphatic hydroxyl groups excluding tert-OH is 3. The summed E-state index contributed by atoms with van der Waals surface area (Å²) in [4.78, 5) is 37.7. The molecule has 3 N–H and O–H groups in total. The van der Waals surface area contributed by atoms with E-state index in [1.165, 1.54) is 19.3 Å². The van der Waals surface area contributed by atoms with Gasteiger partial charge in [0.15, 0.2) is 12.1 Å². The van der Waals surface area contributed by atoms with Gasteiger partial charge < -0.3 is 39.3 Å². The van der Waals surface area contributed by atoms with Gasteiger partial charge in [-0.3, -0.25) is 19.5 Å². The Morgan fingerprint density at radius 2 is 1.76 bits per heavy atom. The first-order valence-electron chi connectivity index (χ1n) is 20.6. The Bertz CT molecular complexity index is 1370. The monoisotopic (exact) mass is 771 g/mol. The minimum absolute atomic E-state index is 0.0512. The molecule has 3 aliphatic rings. The average molecular weight is 771 g/mol. The summed E-state index contributed by atoms with van der Waals surface area (Å²) in [6.45, 7) is 11.8. The third-order valence-corrected chi connectivity index (χ3v) is 12.0. The van der Waals surface area contributed by atoms with Crippen molar-refractivity contribution in [3.05, 3.63) is 53.9 Å². The van der Waals surface area contributed by atoms with Crippen LogP contribution in [0.5, 0.6) is 0 Å². The van der Waals surface area contributed by atoms with E-state index in [2.05, 4.69) is 34.0 Å². The van der Waals surface area contributed by atoms with E-state index in [1.807, 2.05) is 39.1 Å². The lowest BCUT2D eigenvalue weighted by Crippen LogP contribution is -2.62. The third kappa shape index (κ3) is 14.1. The molecule has 310 valence electrons. The Morgan fingerprint density at radius 1 is 1.02 bits per heavy atom. The maximum atomic E-state index is 13.3. The van der Waals surface area contributed by atoms with E-state index in [4.69, 9.17) is 14.2 Å². The van der Waals surface area contributed by atoms with E-state index >= 15 is 0 Å². The molecule has 0 aliphatic carbocycles. The Labute approximate surface area is 329 Å². The number of likely N-dealkylation sites (tertiary alicyclic amines) is 1. The molecule has 0 spiro atoms. The number of ether oxygens (including phenoxy) is 3. The van der Waals surface area contributed by atoms with E-state index in [0.717, 1.165) is 43.7 Å². The smallest absolute Gasteiger partial charge is 0.308 e. The normalized spacial score (nSPS) is 33.1. The number of hydrogen-bond acceptors (Lipinski definition) is 12. The lowest BCUT2D eigenvalue weighted by atomic mass is 9.80. The molecular formula is C43H70N4O8. The fourth-order valence-corrected chi connectivity index (χ4v) is 8.49. The van der Waals surface area contributed by atoms with Gasteiger partial charge in [-0.15, -0.1) is 0 Å². The van der Waals surface area contributed by atoms with Gasteiger partial charge in [-0.1, -0.05) is 44.1 Å². The van der Waals surface area contributed by atoms with Crippen LogP contribution < -0.4 is 0 Å². The molecule has 12 heteroatoms. The molecule has 0 radical (unpaired) electrons. The summed E-state index contributed by atoms with van der Waals surface area (Å²) in [5.41, 5.74) is 2.11. The first kappa shape index (κ1) is 45.2. The lowest BCUT2D eigenvalue weighted by Gasteiger charge is -2.44. The third-order valence-electron chi connectivity index (χ3n) is 12.0. The number of carbonyl (C=O) groups excluding carboxylic acids is 2. The number of aromatic nitrogens is 1. The van der Waals surface area contributed by atoms with Gasteiger partial charge >= 0.3 is 5.97 Å². The van der Waals surface area contributed by atoms with Gasteiger partial charge in [0.25, 0.3) is 0 Å².